The lowest BCUT2D eigenvalue weighted by molar-refractivity contribution is 0.237. The van der Waals surface area contributed by atoms with E-state index in [0.717, 1.165) is 71.8 Å². The third kappa shape index (κ3) is 9.52. The predicted octanol–water partition coefficient (Wildman–Crippen LogP) is 6.35. The molecule has 138 valence electrons. The van der Waals surface area contributed by atoms with Crippen LogP contribution in [-0.2, 0) is 0 Å². The minimum atomic E-state index is 0.672. The van der Waals surface area contributed by atoms with Gasteiger partial charge in [-0.15, -0.1) is 0 Å². The second-order valence-corrected chi connectivity index (χ2v) is 7.70. The topological polar surface area (TPSA) is 27.7 Å². The summed E-state index contributed by atoms with van der Waals surface area (Å²) in [7, 11) is 0. The van der Waals surface area contributed by atoms with E-state index in [1.807, 2.05) is 18.2 Å². The van der Waals surface area contributed by atoms with Crippen LogP contribution in [0.15, 0.2) is 18.2 Å². The molecule has 3 nitrogen and oxygen atoms in total. The van der Waals surface area contributed by atoms with Crippen molar-refractivity contribution in [2.75, 3.05) is 35.8 Å². The van der Waals surface area contributed by atoms with Crippen LogP contribution in [0.2, 0.25) is 0 Å². The van der Waals surface area contributed by atoms with Crippen LogP contribution in [0.4, 0.5) is 0 Å². The molecule has 1 aromatic carbocycles. The van der Waals surface area contributed by atoms with Crippen molar-refractivity contribution >= 4 is 47.8 Å². The molecular weight excluding hydrogens is 504 g/mol. The minimum Gasteiger partial charge on any atom is -0.490 e. The average Bonchev–Trinajstić information content (AvgIpc) is 2.60. The molecule has 0 aliphatic rings. The molecule has 0 aromatic heterocycles. The monoisotopic (exact) mass is 528 g/mol. The Bertz CT molecular complexity index is 400. The molecule has 0 spiro atoms. The first-order chi connectivity index (χ1) is 11.8. The van der Waals surface area contributed by atoms with Crippen molar-refractivity contribution in [3.63, 3.8) is 0 Å². The molecule has 1 aromatic rings. The van der Waals surface area contributed by atoms with Crippen molar-refractivity contribution in [1.29, 1.82) is 0 Å². The van der Waals surface area contributed by atoms with Crippen molar-refractivity contribution in [1.82, 2.24) is 0 Å². The zero-order valence-corrected chi connectivity index (χ0v) is 18.8. The van der Waals surface area contributed by atoms with Gasteiger partial charge in [0.25, 0.3) is 0 Å². The fraction of sp³-hybridized carbons (Fsp3) is 0.667. The van der Waals surface area contributed by atoms with E-state index in [4.69, 9.17) is 14.2 Å². The molecule has 0 bridgehead atoms. The standard InChI is InChI=1S/C18H27Br3O3/c19-10-1-4-13-22-16-8-7-9-17(23-14-5-2-11-20)18(16)24-15-6-3-12-21/h7-9H,1-6,10-15H2. The molecule has 0 fully saturated rings. The summed E-state index contributed by atoms with van der Waals surface area (Å²) < 4.78 is 17.8. The van der Waals surface area contributed by atoms with E-state index < -0.39 is 0 Å². The van der Waals surface area contributed by atoms with Gasteiger partial charge in [0.1, 0.15) is 0 Å². The Hall–Kier alpha value is 0.0600. The summed E-state index contributed by atoms with van der Waals surface area (Å²) in [6.07, 6.45) is 6.34. The summed E-state index contributed by atoms with van der Waals surface area (Å²) >= 11 is 10.3. The fourth-order valence-corrected chi connectivity index (χ4v) is 3.18. The zero-order chi connectivity index (χ0) is 17.5. The van der Waals surface area contributed by atoms with Crippen LogP contribution in [-0.4, -0.2) is 35.8 Å². The van der Waals surface area contributed by atoms with Crippen LogP contribution in [0.1, 0.15) is 38.5 Å². The molecule has 1 rings (SSSR count). The molecule has 0 heterocycles. The molecule has 6 heteroatoms. The van der Waals surface area contributed by atoms with Crippen LogP contribution >= 0.6 is 47.8 Å². The zero-order valence-electron chi connectivity index (χ0n) is 14.1. The van der Waals surface area contributed by atoms with Gasteiger partial charge in [-0.2, -0.15) is 0 Å². The number of halogens is 3. The number of hydrogen-bond donors (Lipinski definition) is 0. The highest BCUT2D eigenvalue weighted by atomic mass is 79.9. The smallest absolute Gasteiger partial charge is 0.203 e. The van der Waals surface area contributed by atoms with E-state index >= 15 is 0 Å². The van der Waals surface area contributed by atoms with Crippen LogP contribution in [0.25, 0.3) is 0 Å². The van der Waals surface area contributed by atoms with E-state index in [2.05, 4.69) is 47.8 Å². The van der Waals surface area contributed by atoms with Crippen molar-refractivity contribution in [2.24, 2.45) is 0 Å². The lowest BCUT2D eigenvalue weighted by Crippen LogP contribution is -2.06. The minimum absolute atomic E-state index is 0.672. The van der Waals surface area contributed by atoms with Crippen LogP contribution < -0.4 is 14.2 Å². The number of benzene rings is 1. The molecule has 0 saturated heterocycles. The van der Waals surface area contributed by atoms with Gasteiger partial charge in [0.05, 0.1) is 19.8 Å². The summed E-state index contributed by atoms with van der Waals surface area (Å²) in [6, 6.07) is 5.88. The van der Waals surface area contributed by atoms with E-state index in [0.29, 0.717) is 19.8 Å². The number of alkyl halides is 3. The Morgan fingerprint density at radius 1 is 0.583 bits per heavy atom. The van der Waals surface area contributed by atoms with E-state index in [-0.39, 0.29) is 0 Å². The first-order valence-electron chi connectivity index (χ1n) is 8.52. The maximum atomic E-state index is 6.00. The Morgan fingerprint density at radius 3 is 1.42 bits per heavy atom. The highest BCUT2D eigenvalue weighted by Gasteiger charge is 2.13. The van der Waals surface area contributed by atoms with E-state index in [9.17, 15) is 0 Å². The van der Waals surface area contributed by atoms with Crippen LogP contribution in [0, 0.1) is 0 Å². The second kappa shape index (κ2) is 15.3. The molecule has 0 aliphatic carbocycles. The van der Waals surface area contributed by atoms with Gasteiger partial charge >= 0.3 is 0 Å². The first-order valence-corrected chi connectivity index (χ1v) is 11.9. The summed E-state index contributed by atoms with van der Waals surface area (Å²) in [5.41, 5.74) is 0. The van der Waals surface area contributed by atoms with Crippen molar-refractivity contribution in [3.05, 3.63) is 18.2 Å². The lowest BCUT2D eigenvalue weighted by atomic mass is 10.2. The molecule has 0 unspecified atom stereocenters. The van der Waals surface area contributed by atoms with Gasteiger partial charge < -0.3 is 14.2 Å². The third-order valence-corrected chi connectivity index (χ3v) is 4.97. The number of ether oxygens (including phenoxy) is 3. The maximum absolute atomic E-state index is 6.00. The maximum Gasteiger partial charge on any atom is 0.203 e. The van der Waals surface area contributed by atoms with Gasteiger partial charge in [0.15, 0.2) is 11.5 Å². The SMILES string of the molecule is BrCCCCOc1cccc(OCCCCBr)c1OCCCCBr. The Morgan fingerprint density at radius 2 is 1.00 bits per heavy atom. The number of para-hydroxylation sites is 1. The first kappa shape index (κ1) is 22.1. The Balaban J connectivity index is 2.67. The van der Waals surface area contributed by atoms with Crippen LogP contribution in [0.3, 0.4) is 0 Å². The molecular formula is C18H27Br3O3. The average molecular weight is 531 g/mol. The summed E-state index contributed by atoms with van der Waals surface area (Å²) in [4.78, 5) is 0. The summed E-state index contributed by atoms with van der Waals surface area (Å²) in [6.45, 7) is 2.05. The number of unbranched alkanes of at least 4 members (excludes halogenated alkanes) is 3. The van der Waals surface area contributed by atoms with Gasteiger partial charge in [-0.1, -0.05) is 53.9 Å². The van der Waals surface area contributed by atoms with Crippen molar-refractivity contribution in [2.45, 2.75) is 38.5 Å². The Labute approximate surface area is 171 Å². The molecule has 0 amide bonds. The van der Waals surface area contributed by atoms with Crippen molar-refractivity contribution in [3.8, 4) is 17.2 Å². The fourth-order valence-electron chi connectivity index (χ4n) is 1.99. The Kier molecular flexibility index (Phi) is 14.1. The number of rotatable bonds is 15. The van der Waals surface area contributed by atoms with Gasteiger partial charge in [-0.05, 0) is 50.7 Å². The molecule has 0 radical (unpaired) electrons. The normalized spacial score (nSPS) is 10.6. The van der Waals surface area contributed by atoms with Crippen molar-refractivity contribution < 1.29 is 14.2 Å². The third-order valence-electron chi connectivity index (χ3n) is 3.29. The molecule has 0 atom stereocenters. The highest BCUT2D eigenvalue weighted by molar-refractivity contribution is 9.09. The van der Waals surface area contributed by atoms with Gasteiger partial charge in [0, 0.05) is 16.0 Å². The summed E-state index contributed by atoms with van der Waals surface area (Å²) in [5.74, 6) is 2.30. The van der Waals surface area contributed by atoms with Crippen LogP contribution in [0.5, 0.6) is 17.2 Å². The van der Waals surface area contributed by atoms with Gasteiger partial charge in [-0.3, -0.25) is 0 Å². The quantitative estimate of drug-likeness (QED) is 0.195. The lowest BCUT2D eigenvalue weighted by Gasteiger charge is -2.17. The predicted molar refractivity (Wildman–Crippen MR) is 112 cm³/mol. The van der Waals surface area contributed by atoms with E-state index in [1.165, 1.54) is 0 Å². The second-order valence-electron chi connectivity index (χ2n) is 5.32. The molecule has 0 saturated carbocycles. The molecule has 0 aliphatic heterocycles. The van der Waals surface area contributed by atoms with Gasteiger partial charge in [0.2, 0.25) is 5.75 Å². The highest BCUT2D eigenvalue weighted by Crippen LogP contribution is 2.37. The summed E-state index contributed by atoms with van der Waals surface area (Å²) in [5, 5.41) is 3.00. The number of hydrogen-bond acceptors (Lipinski definition) is 3. The van der Waals surface area contributed by atoms with Gasteiger partial charge in [-0.25, -0.2) is 0 Å². The molecule has 24 heavy (non-hydrogen) atoms. The largest absolute Gasteiger partial charge is 0.490 e. The van der Waals surface area contributed by atoms with E-state index in [1.54, 1.807) is 0 Å². The molecule has 0 N–H and O–H groups in total.